The molecule has 96 valence electrons. The van der Waals surface area contributed by atoms with E-state index in [4.69, 9.17) is 0 Å². The van der Waals surface area contributed by atoms with Crippen LogP contribution in [0.2, 0.25) is 0 Å². The van der Waals surface area contributed by atoms with E-state index in [1.165, 1.54) is 11.3 Å². The molecule has 4 nitrogen and oxygen atoms in total. The van der Waals surface area contributed by atoms with Crippen LogP contribution in [0.4, 0.5) is 0 Å². The van der Waals surface area contributed by atoms with Gasteiger partial charge in [-0.15, -0.1) is 11.3 Å². The molecule has 1 aromatic rings. The third-order valence-corrected chi connectivity index (χ3v) is 6.29. The van der Waals surface area contributed by atoms with E-state index in [9.17, 15) is 13.5 Å². The maximum absolute atomic E-state index is 11.6. The number of rotatable bonds is 5. The summed E-state index contributed by atoms with van der Waals surface area (Å²) in [6.07, 6.45) is 0.964. The van der Waals surface area contributed by atoms with Gasteiger partial charge in [-0.05, 0) is 24.3 Å². The van der Waals surface area contributed by atoms with Gasteiger partial charge in [0, 0.05) is 18.0 Å². The van der Waals surface area contributed by atoms with Crippen LogP contribution in [0.1, 0.15) is 23.8 Å². The lowest BCUT2D eigenvalue weighted by atomic mass is 10.2. The minimum Gasteiger partial charge on any atom is -0.386 e. The first kappa shape index (κ1) is 13.0. The second-order valence-electron chi connectivity index (χ2n) is 4.32. The van der Waals surface area contributed by atoms with Gasteiger partial charge in [0.1, 0.15) is 6.10 Å². The summed E-state index contributed by atoms with van der Waals surface area (Å²) in [7, 11) is -2.88. The summed E-state index contributed by atoms with van der Waals surface area (Å²) in [5, 5.41) is 14.5. The van der Waals surface area contributed by atoms with Gasteiger partial charge in [-0.2, -0.15) is 0 Å². The summed E-state index contributed by atoms with van der Waals surface area (Å²) < 4.78 is 23.1. The molecule has 0 amide bonds. The molecule has 2 unspecified atom stereocenters. The molecule has 1 aliphatic heterocycles. The summed E-state index contributed by atoms with van der Waals surface area (Å²) in [5.41, 5.74) is 0. The van der Waals surface area contributed by atoms with Crippen LogP contribution in [0.15, 0.2) is 17.5 Å². The van der Waals surface area contributed by atoms with E-state index >= 15 is 0 Å². The van der Waals surface area contributed by atoms with Crippen molar-refractivity contribution in [2.45, 2.75) is 24.2 Å². The topological polar surface area (TPSA) is 66.4 Å². The third-order valence-electron chi connectivity index (χ3n) is 3.04. The van der Waals surface area contributed by atoms with Crippen molar-refractivity contribution >= 4 is 21.2 Å². The van der Waals surface area contributed by atoms with Crippen LogP contribution in [0.3, 0.4) is 0 Å². The van der Waals surface area contributed by atoms with Crippen molar-refractivity contribution in [2.75, 3.05) is 18.8 Å². The van der Waals surface area contributed by atoms with Crippen molar-refractivity contribution in [2.24, 2.45) is 0 Å². The van der Waals surface area contributed by atoms with Gasteiger partial charge >= 0.3 is 0 Å². The van der Waals surface area contributed by atoms with E-state index in [0.29, 0.717) is 18.8 Å². The molecule has 1 aromatic heterocycles. The SMILES string of the molecule is O=S1(=O)CCCC1CNCC(O)c1cccs1. The Bertz CT molecular complexity index is 441. The minimum atomic E-state index is -2.88. The van der Waals surface area contributed by atoms with Gasteiger partial charge in [0.05, 0.1) is 11.0 Å². The van der Waals surface area contributed by atoms with Crippen molar-refractivity contribution in [3.63, 3.8) is 0 Å². The quantitative estimate of drug-likeness (QED) is 0.839. The highest BCUT2D eigenvalue weighted by Crippen LogP contribution is 2.20. The molecule has 17 heavy (non-hydrogen) atoms. The van der Waals surface area contributed by atoms with Crippen LogP contribution >= 0.6 is 11.3 Å². The van der Waals surface area contributed by atoms with Crippen LogP contribution in [0.25, 0.3) is 0 Å². The Balaban J connectivity index is 1.77. The zero-order valence-electron chi connectivity index (χ0n) is 9.50. The van der Waals surface area contributed by atoms with E-state index in [2.05, 4.69) is 5.32 Å². The summed E-state index contributed by atoms with van der Waals surface area (Å²) in [6, 6.07) is 3.77. The number of nitrogens with one attached hydrogen (secondary N) is 1. The predicted octanol–water partition coefficient (Wildman–Crippen LogP) is 0.948. The lowest BCUT2D eigenvalue weighted by molar-refractivity contribution is 0.178. The second kappa shape index (κ2) is 5.48. The van der Waals surface area contributed by atoms with Crippen molar-refractivity contribution in [1.82, 2.24) is 5.32 Å². The molecule has 0 aliphatic carbocycles. The number of aliphatic hydroxyl groups excluding tert-OH is 1. The molecular formula is C11H17NO3S2. The van der Waals surface area contributed by atoms with Crippen molar-refractivity contribution in [3.05, 3.63) is 22.4 Å². The Hall–Kier alpha value is -0.430. The Morgan fingerprint density at radius 2 is 2.41 bits per heavy atom. The number of thiophene rings is 1. The second-order valence-corrected chi connectivity index (χ2v) is 7.70. The fourth-order valence-electron chi connectivity index (χ4n) is 2.05. The summed E-state index contributed by atoms with van der Waals surface area (Å²) in [6.45, 7) is 0.858. The van der Waals surface area contributed by atoms with Gasteiger partial charge < -0.3 is 10.4 Å². The summed E-state index contributed by atoms with van der Waals surface area (Å²) in [4.78, 5) is 0.909. The summed E-state index contributed by atoms with van der Waals surface area (Å²) in [5.74, 6) is 0.312. The normalized spacial score (nSPS) is 24.9. The van der Waals surface area contributed by atoms with Crippen molar-refractivity contribution in [3.8, 4) is 0 Å². The number of sulfone groups is 1. The lowest BCUT2D eigenvalue weighted by Gasteiger charge is -2.13. The molecule has 2 heterocycles. The minimum absolute atomic E-state index is 0.266. The number of hydrogen-bond acceptors (Lipinski definition) is 5. The molecule has 6 heteroatoms. The number of aliphatic hydroxyl groups is 1. The molecule has 0 spiro atoms. The smallest absolute Gasteiger partial charge is 0.154 e. The van der Waals surface area contributed by atoms with Gasteiger partial charge in [0.15, 0.2) is 9.84 Å². The maximum Gasteiger partial charge on any atom is 0.154 e. The van der Waals surface area contributed by atoms with Gasteiger partial charge in [0.25, 0.3) is 0 Å². The predicted molar refractivity (Wildman–Crippen MR) is 69.0 cm³/mol. The monoisotopic (exact) mass is 275 g/mol. The first-order valence-electron chi connectivity index (χ1n) is 5.73. The molecule has 0 radical (unpaired) electrons. The zero-order valence-corrected chi connectivity index (χ0v) is 11.1. The average Bonchev–Trinajstić information content (AvgIpc) is 2.88. The molecule has 1 aliphatic rings. The molecule has 2 rings (SSSR count). The molecule has 2 N–H and O–H groups in total. The Kier molecular flexibility index (Phi) is 4.19. The van der Waals surface area contributed by atoms with Crippen molar-refractivity contribution < 1.29 is 13.5 Å². The highest BCUT2D eigenvalue weighted by molar-refractivity contribution is 7.92. The highest BCUT2D eigenvalue weighted by atomic mass is 32.2. The standard InChI is InChI=1S/C11H17NO3S2/c13-10(11-4-1-5-16-11)8-12-7-9-3-2-6-17(9,14)15/h1,4-5,9-10,12-13H,2-3,6-8H2. The van der Waals surface area contributed by atoms with E-state index in [-0.39, 0.29) is 5.25 Å². The molecule has 0 aromatic carbocycles. The average molecular weight is 275 g/mol. The highest BCUT2D eigenvalue weighted by Gasteiger charge is 2.30. The molecular weight excluding hydrogens is 258 g/mol. The Labute approximate surface area is 106 Å². The van der Waals surface area contributed by atoms with Crippen LogP contribution in [0, 0.1) is 0 Å². The lowest BCUT2D eigenvalue weighted by Crippen LogP contribution is -2.32. The third kappa shape index (κ3) is 3.28. The fourth-order valence-corrected chi connectivity index (χ4v) is 4.56. The largest absolute Gasteiger partial charge is 0.386 e. The van der Waals surface area contributed by atoms with Crippen LogP contribution in [0.5, 0.6) is 0 Å². The first-order valence-corrected chi connectivity index (χ1v) is 8.33. The molecule has 0 bridgehead atoms. The number of hydrogen-bond donors (Lipinski definition) is 2. The van der Waals surface area contributed by atoms with Crippen LogP contribution in [-0.2, 0) is 9.84 Å². The fraction of sp³-hybridized carbons (Fsp3) is 0.636. The van der Waals surface area contributed by atoms with Gasteiger partial charge in [-0.3, -0.25) is 0 Å². The van der Waals surface area contributed by atoms with Crippen molar-refractivity contribution in [1.29, 1.82) is 0 Å². The van der Waals surface area contributed by atoms with E-state index in [0.717, 1.165) is 17.7 Å². The van der Waals surface area contributed by atoms with E-state index in [1.54, 1.807) is 0 Å². The van der Waals surface area contributed by atoms with Crippen LogP contribution < -0.4 is 5.32 Å². The molecule has 2 atom stereocenters. The van der Waals surface area contributed by atoms with Gasteiger partial charge in [-0.1, -0.05) is 6.07 Å². The Morgan fingerprint density at radius 3 is 3.00 bits per heavy atom. The zero-order chi connectivity index (χ0) is 12.3. The molecule has 1 saturated heterocycles. The summed E-state index contributed by atoms with van der Waals surface area (Å²) >= 11 is 1.51. The van der Waals surface area contributed by atoms with Gasteiger partial charge in [-0.25, -0.2) is 8.42 Å². The molecule has 0 saturated carbocycles. The van der Waals surface area contributed by atoms with E-state index in [1.807, 2.05) is 17.5 Å². The molecule has 1 fully saturated rings. The van der Waals surface area contributed by atoms with Gasteiger partial charge in [0.2, 0.25) is 0 Å². The first-order chi connectivity index (χ1) is 8.09. The Morgan fingerprint density at radius 1 is 1.59 bits per heavy atom. The van der Waals surface area contributed by atoms with E-state index < -0.39 is 15.9 Å². The van der Waals surface area contributed by atoms with Crippen LogP contribution in [-0.4, -0.2) is 37.6 Å². The maximum atomic E-state index is 11.6.